The Labute approximate surface area is 174 Å². The average molecular weight is 409 g/mol. The number of carbonyl (C=O) groups is 1. The minimum absolute atomic E-state index is 0.421. The number of anilines is 1. The van der Waals surface area contributed by atoms with Gasteiger partial charge in [0.25, 0.3) is 0 Å². The maximum absolute atomic E-state index is 12.0. The highest BCUT2D eigenvalue weighted by Gasteiger charge is 2.27. The van der Waals surface area contributed by atoms with Crippen LogP contribution in [0.2, 0.25) is 0 Å². The maximum atomic E-state index is 12.0. The monoisotopic (exact) mass is 408 g/mol. The smallest absolute Gasteiger partial charge is 0.246 e. The third kappa shape index (κ3) is 6.09. The van der Waals surface area contributed by atoms with Crippen molar-refractivity contribution in [2.45, 2.75) is 28.9 Å². The molecule has 0 aromatic heterocycles. The molecule has 150 valence electrons. The van der Waals surface area contributed by atoms with Crippen molar-refractivity contribution in [3.8, 4) is 5.75 Å². The normalized spacial score (nSPS) is 12.8. The van der Waals surface area contributed by atoms with Gasteiger partial charge in [-0.3, -0.25) is 4.79 Å². The molecule has 0 bridgehead atoms. The van der Waals surface area contributed by atoms with Gasteiger partial charge in [0.2, 0.25) is 5.91 Å². The highest BCUT2D eigenvalue weighted by atomic mass is 32.2. The van der Waals surface area contributed by atoms with Gasteiger partial charge in [-0.15, -0.1) is 0 Å². The molecule has 0 fully saturated rings. The van der Waals surface area contributed by atoms with Gasteiger partial charge in [0, 0.05) is 15.5 Å². The number of benzene rings is 3. The number of hydrogen-bond donors (Lipinski definition) is 3. The van der Waals surface area contributed by atoms with Crippen molar-refractivity contribution in [2.75, 3.05) is 11.9 Å². The molecule has 6 heteroatoms. The van der Waals surface area contributed by atoms with E-state index in [0.29, 0.717) is 12.3 Å². The Morgan fingerprint density at radius 2 is 1.76 bits per heavy atom. The van der Waals surface area contributed by atoms with Gasteiger partial charge >= 0.3 is 0 Å². The first-order chi connectivity index (χ1) is 14.0. The van der Waals surface area contributed by atoms with Crippen LogP contribution in [0.1, 0.15) is 12.5 Å². The van der Waals surface area contributed by atoms with E-state index in [4.69, 9.17) is 10.5 Å². The lowest BCUT2D eigenvalue weighted by Crippen LogP contribution is -2.51. The van der Waals surface area contributed by atoms with Gasteiger partial charge < -0.3 is 20.9 Å². The number of aliphatic hydroxyl groups is 1. The highest BCUT2D eigenvalue weighted by molar-refractivity contribution is 7.99. The summed E-state index contributed by atoms with van der Waals surface area (Å²) in [4.78, 5) is 14.1. The molecule has 0 aliphatic carbocycles. The first-order valence-corrected chi connectivity index (χ1v) is 10.0. The van der Waals surface area contributed by atoms with Gasteiger partial charge in [0.1, 0.15) is 17.9 Å². The molecule has 0 saturated carbocycles. The van der Waals surface area contributed by atoms with Gasteiger partial charge in [-0.05, 0) is 55.0 Å². The van der Waals surface area contributed by atoms with E-state index >= 15 is 0 Å². The number of nitrogens with two attached hydrogens (primary N) is 1. The minimum atomic E-state index is -1.31. The Kier molecular flexibility index (Phi) is 6.93. The molecule has 4 N–H and O–H groups in total. The summed E-state index contributed by atoms with van der Waals surface area (Å²) in [5.74, 6) is 0.387. The van der Waals surface area contributed by atoms with Crippen LogP contribution in [0.4, 0.5) is 5.69 Å². The quantitative estimate of drug-likeness (QED) is 0.523. The molecule has 0 heterocycles. The van der Waals surface area contributed by atoms with E-state index in [1.54, 1.807) is 11.8 Å². The number of nitrogens with one attached hydrogen (secondary N) is 1. The molecule has 3 rings (SSSR count). The Morgan fingerprint density at radius 1 is 1.03 bits per heavy atom. The molecule has 3 aromatic carbocycles. The zero-order valence-corrected chi connectivity index (χ0v) is 17.0. The number of carbonyl (C=O) groups excluding carboxylic acids is 1. The molecule has 29 heavy (non-hydrogen) atoms. The molecule has 3 aromatic rings. The van der Waals surface area contributed by atoms with Crippen molar-refractivity contribution in [3.63, 3.8) is 0 Å². The van der Waals surface area contributed by atoms with E-state index in [1.807, 2.05) is 78.9 Å². The van der Waals surface area contributed by atoms with Crippen molar-refractivity contribution in [1.29, 1.82) is 0 Å². The fourth-order valence-electron chi connectivity index (χ4n) is 2.46. The van der Waals surface area contributed by atoms with Crippen LogP contribution < -0.4 is 15.8 Å². The van der Waals surface area contributed by atoms with Crippen molar-refractivity contribution < 1.29 is 14.6 Å². The van der Waals surface area contributed by atoms with Crippen molar-refractivity contribution in [2.24, 2.45) is 5.73 Å². The number of aliphatic hydroxyl groups excluding tert-OH is 1. The van der Waals surface area contributed by atoms with Crippen LogP contribution in [0.5, 0.6) is 5.75 Å². The fraction of sp³-hybridized carbons (Fsp3) is 0.174. The molecule has 1 atom stereocenters. The Morgan fingerprint density at radius 3 is 2.45 bits per heavy atom. The second-order valence-corrected chi connectivity index (χ2v) is 8.05. The number of hydrogen-bond acceptors (Lipinski definition) is 5. The third-order valence-corrected chi connectivity index (χ3v) is 5.25. The van der Waals surface area contributed by atoms with Gasteiger partial charge in [-0.25, -0.2) is 0 Å². The first-order valence-electron chi connectivity index (χ1n) is 9.22. The Bertz CT molecular complexity index is 944. The van der Waals surface area contributed by atoms with Crippen molar-refractivity contribution in [1.82, 2.24) is 0 Å². The lowest BCUT2D eigenvalue weighted by molar-refractivity contribution is -0.121. The predicted molar refractivity (Wildman–Crippen MR) is 116 cm³/mol. The number of ether oxygens (including phenoxy) is 1. The molecule has 0 spiro atoms. The fourth-order valence-corrected chi connectivity index (χ4v) is 3.32. The lowest BCUT2D eigenvalue weighted by Gasteiger charge is -2.20. The molecule has 0 aliphatic rings. The van der Waals surface area contributed by atoms with E-state index in [2.05, 4.69) is 5.32 Å². The van der Waals surface area contributed by atoms with Gasteiger partial charge in [0.15, 0.2) is 0 Å². The molecular weight excluding hydrogens is 384 g/mol. The Balaban J connectivity index is 1.59. The molecule has 0 aliphatic heterocycles. The van der Waals surface area contributed by atoms with Gasteiger partial charge in [-0.2, -0.15) is 0 Å². The van der Waals surface area contributed by atoms with Crippen LogP contribution in [-0.2, 0) is 11.4 Å². The van der Waals surface area contributed by atoms with E-state index < -0.39 is 18.1 Å². The maximum Gasteiger partial charge on any atom is 0.246 e. The summed E-state index contributed by atoms with van der Waals surface area (Å²) >= 11 is 1.60. The first kappa shape index (κ1) is 20.9. The summed E-state index contributed by atoms with van der Waals surface area (Å²) in [6, 6.07) is 25.4. The lowest BCUT2D eigenvalue weighted by atomic mass is 10.0. The van der Waals surface area contributed by atoms with Gasteiger partial charge in [0.05, 0.1) is 6.61 Å². The summed E-state index contributed by atoms with van der Waals surface area (Å²) in [5.41, 5.74) is 6.18. The largest absolute Gasteiger partial charge is 0.489 e. The highest BCUT2D eigenvalue weighted by Crippen LogP contribution is 2.31. The summed E-state index contributed by atoms with van der Waals surface area (Å²) in [6.07, 6.45) is 0. The summed E-state index contributed by atoms with van der Waals surface area (Å²) in [5, 5.41) is 11.9. The van der Waals surface area contributed by atoms with Gasteiger partial charge in [-0.1, -0.05) is 48.2 Å². The van der Waals surface area contributed by atoms with Crippen LogP contribution in [0.3, 0.4) is 0 Å². The zero-order valence-electron chi connectivity index (χ0n) is 16.2. The van der Waals surface area contributed by atoms with Crippen LogP contribution in [-0.4, -0.2) is 23.2 Å². The zero-order chi connectivity index (χ0) is 20.7. The predicted octanol–water partition coefficient (Wildman–Crippen LogP) is 4.07. The molecule has 0 radical (unpaired) electrons. The van der Waals surface area contributed by atoms with Crippen LogP contribution in [0.25, 0.3) is 0 Å². The van der Waals surface area contributed by atoms with Crippen molar-refractivity contribution >= 4 is 23.4 Å². The second-order valence-electron chi connectivity index (χ2n) is 6.91. The van der Waals surface area contributed by atoms with Crippen molar-refractivity contribution in [3.05, 3.63) is 84.4 Å². The van der Waals surface area contributed by atoms with E-state index in [-0.39, 0.29) is 0 Å². The molecule has 1 amide bonds. The third-order valence-electron chi connectivity index (χ3n) is 4.25. The molecule has 0 unspecified atom stereocenters. The average Bonchev–Trinajstić information content (AvgIpc) is 2.74. The summed E-state index contributed by atoms with van der Waals surface area (Å²) in [7, 11) is 0. The summed E-state index contributed by atoms with van der Waals surface area (Å²) < 4.78 is 5.88. The Hall–Kier alpha value is -2.80. The molecule has 5 nitrogen and oxygen atoms in total. The van der Waals surface area contributed by atoms with Crippen LogP contribution in [0.15, 0.2) is 88.7 Å². The van der Waals surface area contributed by atoms with E-state index in [1.165, 1.54) is 6.92 Å². The number of amides is 1. The van der Waals surface area contributed by atoms with Crippen LogP contribution in [0, 0.1) is 0 Å². The number of rotatable bonds is 8. The molecular formula is C23H24N2O3S. The molecule has 0 saturated heterocycles. The minimum Gasteiger partial charge on any atom is -0.489 e. The standard InChI is InChI=1S/C23H24N2O3S/c1-23(24,16-26)22(27)25-18-10-12-20(13-11-18)29-21-9-5-8-19(14-21)28-15-17-6-3-2-4-7-17/h2-14,26H,15-16,24H2,1H3,(H,25,27)/t23-/m0/s1. The topological polar surface area (TPSA) is 84.6 Å². The van der Waals surface area contributed by atoms with Crippen LogP contribution >= 0.6 is 11.8 Å². The second kappa shape index (κ2) is 9.60. The SMILES string of the molecule is C[C@](N)(CO)C(=O)Nc1ccc(Sc2cccc(OCc3ccccc3)c2)cc1. The van der Waals surface area contributed by atoms with E-state index in [0.717, 1.165) is 21.1 Å². The van der Waals surface area contributed by atoms with E-state index in [9.17, 15) is 9.90 Å². The summed E-state index contributed by atoms with van der Waals surface area (Å²) in [6.45, 7) is 1.59.